The molecule has 316 valence electrons. The summed E-state index contributed by atoms with van der Waals surface area (Å²) < 4.78 is 30.6. The Bertz CT molecular complexity index is 2250. The number of amides is 2. The molecule has 0 saturated carbocycles. The van der Waals surface area contributed by atoms with E-state index in [4.69, 9.17) is 23.7 Å². The summed E-state index contributed by atoms with van der Waals surface area (Å²) in [5.41, 5.74) is 2.16. The molecule has 61 heavy (non-hydrogen) atoms. The maximum absolute atomic E-state index is 14.6. The van der Waals surface area contributed by atoms with Crippen molar-refractivity contribution >= 4 is 35.8 Å². The van der Waals surface area contributed by atoms with E-state index in [1.54, 1.807) is 44.2 Å². The van der Waals surface area contributed by atoms with Crippen molar-refractivity contribution in [1.82, 2.24) is 10.2 Å². The van der Waals surface area contributed by atoms with Crippen LogP contribution in [-0.2, 0) is 55.1 Å². The van der Waals surface area contributed by atoms with Gasteiger partial charge in [0, 0.05) is 54.6 Å². The zero-order chi connectivity index (χ0) is 43.1. The van der Waals surface area contributed by atoms with Crippen molar-refractivity contribution in [3.05, 3.63) is 161 Å². The molecule has 2 heterocycles. The number of carbonyl (C=O) groups is 5. The second-order valence-corrected chi connectivity index (χ2v) is 15.8. The van der Waals surface area contributed by atoms with Crippen LogP contribution in [-0.4, -0.2) is 97.0 Å². The lowest BCUT2D eigenvalue weighted by atomic mass is 9.90. The SMILES string of the molecule is CN(C(=O)C1=C[C@H]2OC(c3ccccc3)(c3ccccc3)O[C@H]2[C@H](OC(=O)c2ccccc2C=CC(=O)O[C@H]2C(=O)OCC2(C)C)C1)[C@H](Cc1ccccc1)C(=O)NCCO. The number of hydrogen-bond acceptors (Lipinski definition) is 11. The Morgan fingerprint density at radius 1 is 0.869 bits per heavy atom. The van der Waals surface area contributed by atoms with Crippen molar-refractivity contribution in [2.24, 2.45) is 5.41 Å². The molecule has 5 atom stereocenters. The normalized spacial score (nSPS) is 21.7. The summed E-state index contributed by atoms with van der Waals surface area (Å²) in [4.78, 5) is 68.9. The van der Waals surface area contributed by atoms with Crippen molar-refractivity contribution in [2.45, 2.75) is 62.9 Å². The number of fused-ring (bicyclic) bond motifs is 1. The quantitative estimate of drug-likeness (QED) is 0.101. The lowest BCUT2D eigenvalue weighted by Gasteiger charge is -2.33. The molecule has 2 aliphatic heterocycles. The van der Waals surface area contributed by atoms with E-state index < -0.39 is 71.4 Å². The fourth-order valence-electron chi connectivity index (χ4n) is 7.77. The molecule has 0 unspecified atom stereocenters. The van der Waals surface area contributed by atoms with Gasteiger partial charge in [0.15, 0.2) is 0 Å². The highest BCUT2D eigenvalue weighted by molar-refractivity contribution is 5.98. The first-order chi connectivity index (χ1) is 29.4. The highest BCUT2D eigenvalue weighted by atomic mass is 16.8. The fourth-order valence-corrected chi connectivity index (χ4v) is 7.77. The first kappa shape index (κ1) is 42.7. The Balaban J connectivity index is 1.20. The van der Waals surface area contributed by atoms with Gasteiger partial charge in [0.2, 0.25) is 23.7 Å². The average Bonchev–Trinajstić information content (AvgIpc) is 3.81. The van der Waals surface area contributed by atoms with Gasteiger partial charge in [-0.05, 0) is 29.3 Å². The third kappa shape index (κ3) is 9.34. The van der Waals surface area contributed by atoms with E-state index in [-0.39, 0.29) is 43.7 Å². The van der Waals surface area contributed by atoms with E-state index >= 15 is 0 Å². The zero-order valence-corrected chi connectivity index (χ0v) is 34.1. The number of nitrogens with one attached hydrogen (secondary N) is 1. The van der Waals surface area contributed by atoms with Crippen LogP contribution in [0.15, 0.2) is 133 Å². The van der Waals surface area contributed by atoms with Crippen LogP contribution in [0.3, 0.4) is 0 Å². The third-order valence-electron chi connectivity index (χ3n) is 11.0. The number of benzene rings is 4. The topological polar surface area (TPSA) is 167 Å². The molecule has 0 spiro atoms. The molecule has 0 radical (unpaired) electrons. The van der Waals surface area contributed by atoms with Crippen LogP contribution in [0.25, 0.3) is 6.08 Å². The van der Waals surface area contributed by atoms with E-state index in [1.807, 2.05) is 91.0 Å². The second kappa shape index (κ2) is 18.5. The minimum absolute atomic E-state index is 0.00798. The number of carbonyl (C=O) groups excluding carboxylic acids is 5. The van der Waals surface area contributed by atoms with Crippen LogP contribution in [0.2, 0.25) is 0 Å². The Morgan fingerprint density at radius 2 is 1.49 bits per heavy atom. The van der Waals surface area contributed by atoms with Gasteiger partial charge in [0.1, 0.15) is 31.0 Å². The monoisotopic (exact) mass is 828 g/mol. The molecule has 4 aromatic carbocycles. The van der Waals surface area contributed by atoms with E-state index in [1.165, 1.54) is 18.0 Å². The van der Waals surface area contributed by atoms with Crippen LogP contribution < -0.4 is 5.32 Å². The van der Waals surface area contributed by atoms with E-state index in [9.17, 15) is 29.1 Å². The molecule has 7 rings (SSSR count). The number of aliphatic hydroxyl groups is 1. The van der Waals surface area contributed by atoms with Gasteiger partial charge in [-0.15, -0.1) is 0 Å². The standard InChI is InChI=1S/C48H48N2O11/c1-47(2)30-57-46(56)42(47)59-40(52)24-23-32-17-13-14-22-36(32)45(55)58-38-28-33(44(54)50(3)37(43(53)49-25-26-51)27-31-15-7-4-8-16-31)29-39-41(38)61-48(60-39,34-18-9-5-10-19-34)35-20-11-6-12-21-35/h4-24,29,37-39,41-42,51H,25-28,30H2,1-3H3,(H,49,53)/t37-,38-,39-,41+,42+/m1/s1. The van der Waals surface area contributed by atoms with Gasteiger partial charge in [-0.3, -0.25) is 9.59 Å². The summed E-state index contributed by atoms with van der Waals surface area (Å²) >= 11 is 0. The first-order valence-corrected chi connectivity index (χ1v) is 20.1. The van der Waals surface area contributed by atoms with Gasteiger partial charge in [0.25, 0.3) is 0 Å². The smallest absolute Gasteiger partial charge is 0.348 e. The molecule has 13 heteroatoms. The second-order valence-electron chi connectivity index (χ2n) is 15.8. The summed E-state index contributed by atoms with van der Waals surface area (Å²) in [6.45, 7) is 3.37. The Labute approximate surface area is 353 Å². The van der Waals surface area contributed by atoms with Gasteiger partial charge in [0.05, 0.1) is 12.2 Å². The van der Waals surface area contributed by atoms with Gasteiger partial charge in [-0.2, -0.15) is 0 Å². The van der Waals surface area contributed by atoms with Crippen molar-refractivity contribution in [3.63, 3.8) is 0 Å². The summed E-state index contributed by atoms with van der Waals surface area (Å²) in [5.74, 6) is -4.57. The largest absolute Gasteiger partial charge is 0.462 e. The first-order valence-electron chi connectivity index (χ1n) is 20.1. The number of nitrogens with zero attached hydrogens (tertiary/aromatic N) is 1. The summed E-state index contributed by atoms with van der Waals surface area (Å²) in [5, 5.41) is 12.2. The molecular weight excluding hydrogens is 781 g/mol. The summed E-state index contributed by atoms with van der Waals surface area (Å²) in [6, 6.07) is 33.5. The number of cyclic esters (lactones) is 1. The van der Waals surface area contributed by atoms with Crippen molar-refractivity contribution < 1.29 is 52.8 Å². The molecule has 2 amide bonds. The molecule has 2 fully saturated rings. The van der Waals surface area contributed by atoms with Crippen LogP contribution in [0.5, 0.6) is 0 Å². The molecule has 0 aromatic heterocycles. The van der Waals surface area contributed by atoms with Gasteiger partial charge >= 0.3 is 17.9 Å². The summed E-state index contributed by atoms with van der Waals surface area (Å²) in [6.07, 6.45) is 0.371. The Kier molecular flexibility index (Phi) is 12.9. The molecule has 3 aliphatic rings. The Morgan fingerprint density at radius 3 is 2.11 bits per heavy atom. The molecule has 2 saturated heterocycles. The number of ether oxygens (including phenoxy) is 5. The number of hydrogen-bond donors (Lipinski definition) is 2. The summed E-state index contributed by atoms with van der Waals surface area (Å²) in [7, 11) is 1.54. The molecule has 2 N–H and O–H groups in total. The minimum Gasteiger partial charge on any atom is -0.462 e. The zero-order valence-electron chi connectivity index (χ0n) is 34.1. The number of aliphatic hydroxyl groups excluding tert-OH is 1. The highest BCUT2D eigenvalue weighted by Crippen LogP contribution is 2.47. The fraction of sp³-hybridized carbons (Fsp3) is 0.312. The van der Waals surface area contributed by atoms with E-state index in [0.717, 1.165) is 11.6 Å². The van der Waals surface area contributed by atoms with Crippen molar-refractivity contribution in [2.75, 3.05) is 26.8 Å². The lowest BCUT2D eigenvalue weighted by molar-refractivity contribution is -0.159. The van der Waals surface area contributed by atoms with Gasteiger partial charge < -0.3 is 39.0 Å². The van der Waals surface area contributed by atoms with Gasteiger partial charge in [-0.1, -0.05) is 123 Å². The molecule has 4 aromatic rings. The predicted molar refractivity (Wildman–Crippen MR) is 222 cm³/mol. The Hall–Kier alpha value is -6.41. The van der Waals surface area contributed by atoms with E-state index in [2.05, 4.69) is 5.32 Å². The number of esters is 3. The van der Waals surface area contributed by atoms with E-state index in [0.29, 0.717) is 16.7 Å². The highest BCUT2D eigenvalue weighted by Gasteiger charge is 2.55. The molecular formula is C48H48N2O11. The number of rotatable bonds is 14. The maximum Gasteiger partial charge on any atom is 0.348 e. The van der Waals surface area contributed by atoms with Crippen molar-refractivity contribution in [3.8, 4) is 0 Å². The molecule has 0 bridgehead atoms. The third-order valence-corrected chi connectivity index (χ3v) is 11.0. The van der Waals surface area contributed by atoms with Gasteiger partial charge in [-0.25, -0.2) is 14.4 Å². The number of likely N-dealkylation sites (N-methyl/N-ethyl adjacent to an activating group) is 1. The maximum atomic E-state index is 14.6. The van der Waals surface area contributed by atoms with Crippen LogP contribution >= 0.6 is 0 Å². The molecule has 13 nitrogen and oxygen atoms in total. The lowest BCUT2D eigenvalue weighted by Crippen LogP contribution is -2.51. The van der Waals surface area contributed by atoms with Crippen molar-refractivity contribution in [1.29, 1.82) is 0 Å². The van der Waals surface area contributed by atoms with Crippen LogP contribution in [0, 0.1) is 5.41 Å². The predicted octanol–water partition coefficient (Wildman–Crippen LogP) is 4.91. The molecule has 1 aliphatic carbocycles. The average molecular weight is 829 g/mol. The van der Waals surface area contributed by atoms with Crippen LogP contribution in [0.1, 0.15) is 52.9 Å². The van der Waals surface area contributed by atoms with Crippen LogP contribution in [0.4, 0.5) is 0 Å². The minimum atomic E-state index is -1.45.